The molecule has 1 fully saturated rings. The van der Waals surface area contributed by atoms with E-state index in [0.29, 0.717) is 11.7 Å². The summed E-state index contributed by atoms with van der Waals surface area (Å²) in [5.41, 5.74) is 4.60. The predicted molar refractivity (Wildman–Crippen MR) is 80.8 cm³/mol. The molecule has 0 saturated heterocycles. The Morgan fingerprint density at radius 3 is 2.16 bits per heavy atom. The zero-order valence-corrected chi connectivity index (χ0v) is 12.6. The minimum absolute atomic E-state index is 0.354. The third-order valence-corrected chi connectivity index (χ3v) is 4.59. The molecule has 0 radical (unpaired) electrons. The lowest BCUT2D eigenvalue weighted by Gasteiger charge is -2.15. The molecule has 1 aliphatic rings. The quantitative estimate of drug-likeness (QED) is 0.541. The Morgan fingerprint density at radius 1 is 0.947 bits per heavy atom. The average molecular weight is 258 g/mol. The van der Waals surface area contributed by atoms with Crippen LogP contribution in [-0.4, -0.2) is 5.78 Å². The average Bonchev–Trinajstić information content (AvgIpc) is 2.62. The van der Waals surface area contributed by atoms with Gasteiger partial charge in [-0.3, -0.25) is 4.79 Å². The highest BCUT2D eigenvalue weighted by Crippen LogP contribution is 2.27. The maximum atomic E-state index is 12.5. The van der Waals surface area contributed by atoms with Crippen molar-refractivity contribution in [3.63, 3.8) is 0 Å². The van der Waals surface area contributed by atoms with Gasteiger partial charge in [-0.1, -0.05) is 44.6 Å². The summed E-state index contributed by atoms with van der Waals surface area (Å²) in [5.74, 6) is 0.975. The lowest BCUT2D eigenvalue weighted by molar-refractivity contribution is 0.0956. The largest absolute Gasteiger partial charge is 0.294 e. The van der Waals surface area contributed by atoms with Crippen LogP contribution in [0.5, 0.6) is 0 Å². The molecular weight excluding hydrogens is 232 g/mol. The smallest absolute Gasteiger partial charge is 0.163 e. The first-order valence-electron chi connectivity index (χ1n) is 7.69. The molecule has 0 bridgehead atoms. The number of Topliss-reactive ketones (excluding diaryl/α,β-unsaturated/α-hetero) is 1. The van der Waals surface area contributed by atoms with Crippen molar-refractivity contribution in [3.8, 4) is 0 Å². The fourth-order valence-corrected chi connectivity index (χ4v) is 3.20. The summed E-state index contributed by atoms with van der Waals surface area (Å²) in [6.45, 7) is 6.27. The second-order valence-electron chi connectivity index (χ2n) is 6.24. The second kappa shape index (κ2) is 6.36. The van der Waals surface area contributed by atoms with E-state index in [9.17, 15) is 4.79 Å². The van der Waals surface area contributed by atoms with Crippen LogP contribution in [0.15, 0.2) is 12.1 Å². The number of benzene rings is 1. The number of ketones is 1. The number of hydrogen-bond acceptors (Lipinski definition) is 1. The summed E-state index contributed by atoms with van der Waals surface area (Å²) >= 11 is 0. The van der Waals surface area contributed by atoms with Gasteiger partial charge in [-0.25, -0.2) is 0 Å². The third kappa shape index (κ3) is 3.68. The van der Waals surface area contributed by atoms with E-state index in [1.807, 2.05) is 0 Å². The van der Waals surface area contributed by atoms with Gasteiger partial charge in [0.05, 0.1) is 0 Å². The molecule has 0 atom stereocenters. The zero-order chi connectivity index (χ0) is 13.8. The van der Waals surface area contributed by atoms with Crippen molar-refractivity contribution in [2.75, 3.05) is 0 Å². The SMILES string of the molecule is Cc1cc(C)c(C(=O)CC2CCCCCC2)cc1C. The molecule has 0 amide bonds. The Bertz CT molecular complexity index is 451. The molecule has 19 heavy (non-hydrogen) atoms. The monoisotopic (exact) mass is 258 g/mol. The van der Waals surface area contributed by atoms with E-state index >= 15 is 0 Å². The molecule has 1 aliphatic carbocycles. The van der Waals surface area contributed by atoms with E-state index in [1.54, 1.807) is 0 Å². The van der Waals surface area contributed by atoms with Crippen LogP contribution >= 0.6 is 0 Å². The molecule has 1 aromatic rings. The van der Waals surface area contributed by atoms with E-state index in [1.165, 1.54) is 49.7 Å². The van der Waals surface area contributed by atoms with Crippen LogP contribution in [0.3, 0.4) is 0 Å². The molecular formula is C18H26O. The number of aryl methyl sites for hydroxylation is 3. The van der Waals surface area contributed by atoms with Crippen molar-refractivity contribution in [2.45, 2.75) is 65.7 Å². The zero-order valence-electron chi connectivity index (χ0n) is 12.6. The molecule has 104 valence electrons. The first-order valence-corrected chi connectivity index (χ1v) is 7.69. The van der Waals surface area contributed by atoms with Crippen LogP contribution in [-0.2, 0) is 0 Å². The highest BCUT2D eigenvalue weighted by molar-refractivity contribution is 5.97. The van der Waals surface area contributed by atoms with Crippen molar-refractivity contribution in [1.29, 1.82) is 0 Å². The van der Waals surface area contributed by atoms with Crippen LogP contribution in [0.2, 0.25) is 0 Å². The number of carbonyl (C=O) groups is 1. The maximum absolute atomic E-state index is 12.5. The Kier molecular flexibility index (Phi) is 4.79. The number of hydrogen-bond donors (Lipinski definition) is 0. The fourth-order valence-electron chi connectivity index (χ4n) is 3.20. The molecule has 0 N–H and O–H groups in total. The lowest BCUT2D eigenvalue weighted by Crippen LogP contribution is -2.10. The van der Waals surface area contributed by atoms with E-state index < -0.39 is 0 Å². The van der Waals surface area contributed by atoms with Gasteiger partial charge in [0.1, 0.15) is 0 Å². The van der Waals surface area contributed by atoms with E-state index in [0.717, 1.165) is 17.5 Å². The van der Waals surface area contributed by atoms with Crippen molar-refractivity contribution >= 4 is 5.78 Å². The molecule has 0 aliphatic heterocycles. The highest BCUT2D eigenvalue weighted by Gasteiger charge is 2.18. The second-order valence-corrected chi connectivity index (χ2v) is 6.24. The van der Waals surface area contributed by atoms with Crippen LogP contribution in [0.4, 0.5) is 0 Å². The van der Waals surface area contributed by atoms with E-state index in [4.69, 9.17) is 0 Å². The summed E-state index contributed by atoms with van der Waals surface area (Å²) < 4.78 is 0. The van der Waals surface area contributed by atoms with Gasteiger partial charge in [0.15, 0.2) is 5.78 Å². The van der Waals surface area contributed by atoms with Gasteiger partial charge < -0.3 is 0 Å². The molecule has 0 aromatic heterocycles. The molecule has 2 rings (SSSR count). The summed E-state index contributed by atoms with van der Waals surface area (Å²) in [5, 5.41) is 0. The molecule has 1 heteroatoms. The van der Waals surface area contributed by atoms with Crippen molar-refractivity contribution in [2.24, 2.45) is 5.92 Å². The van der Waals surface area contributed by atoms with Crippen molar-refractivity contribution < 1.29 is 4.79 Å². The number of carbonyl (C=O) groups excluding carboxylic acids is 1. The molecule has 0 unspecified atom stereocenters. The summed E-state index contributed by atoms with van der Waals surface area (Å²) in [6.07, 6.45) is 8.57. The Labute approximate surface area is 117 Å². The Hall–Kier alpha value is -1.11. The molecule has 0 spiro atoms. The maximum Gasteiger partial charge on any atom is 0.163 e. The minimum Gasteiger partial charge on any atom is -0.294 e. The van der Waals surface area contributed by atoms with Crippen LogP contribution < -0.4 is 0 Å². The summed E-state index contributed by atoms with van der Waals surface area (Å²) in [7, 11) is 0. The topological polar surface area (TPSA) is 17.1 Å². The Morgan fingerprint density at radius 2 is 1.53 bits per heavy atom. The normalized spacial score (nSPS) is 17.2. The third-order valence-electron chi connectivity index (χ3n) is 4.59. The predicted octanol–water partition coefficient (Wildman–Crippen LogP) is 5.16. The van der Waals surface area contributed by atoms with E-state index in [-0.39, 0.29) is 0 Å². The van der Waals surface area contributed by atoms with Gasteiger partial charge in [-0.05, 0) is 49.4 Å². The molecule has 1 nitrogen and oxygen atoms in total. The van der Waals surface area contributed by atoms with E-state index in [2.05, 4.69) is 32.9 Å². The summed E-state index contributed by atoms with van der Waals surface area (Å²) in [4.78, 5) is 12.5. The van der Waals surface area contributed by atoms with Gasteiger partial charge in [-0.2, -0.15) is 0 Å². The van der Waals surface area contributed by atoms with Crippen LogP contribution in [0.25, 0.3) is 0 Å². The van der Waals surface area contributed by atoms with Gasteiger partial charge in [0.25, 0.3) is 0 Å². The van der Waals surface area contributed by atoms with Crippen LogP contribution in [0.1, 0.15) is 72.0 Å². The molecule has 1 saturated carbocycles. The minimum atomic E-state index is 0.354. The first-order chi connectivity index (χ1) is 9.08. The van der Waals surface area contributed by atoms with Crippen LogP contribution in [0, 0.1) is 26.7 Å². The molecule has 0 heterocycles. The van der Waals surface area contributed by atoms with Gasteiger partial charge >= 0.3 is 0 Å². The first kappa shape index (κ1) is 14.3. The van der Waals surface area contributed by atoms with Gasteiger partial charge in [0.2, 0.25) is 0 Å². The standard InChI is InChI=1S/C18H26O/c1-13-10-15(3)17(11-14(13)2)18(19)12-16-8-6-4-5-7-9-16/h10-11,16H,4-9,12H2,1-3H3. The fraction of sp³-hybridized carbons (Fsp3) is 0.611. The number of rotatable bonds is 3. The Balaban J connectivity index is 2.08. The van der Waals surface area contributed by atoms with Crippen molar-refractivity contribution in [3.05, 3.63) is 34.4 Å². The lowest BCUT2D eigenvalue weighted by atomic mass is 9.89. The highest BCUT2D eigenvalue weighted by atomic mass is 16.1. The van der Waals surface area contributed by atoms with Gasteiger partial charge in [-0.15, -0.1) is 0 Å². The summed E-state index contributed by atoms with van der Waals surface area (Å²) in [6, 6.07) is 4.24. The van der Waals surface area contributed by atoms with Crippen molar-refractivity contribution in [1.82, 2.24) is 0 Å². The van der Waals surface area contributed by atoms with Gasteiger partial charge in [0, 0.05) is 12.0 Å². The molecule has 1 aromatic carbocycles.